The quantitative estimate of drug-likeness (QED) is 0.496. The van der Waals surface area contributed by atoms with Crippen molar-refractivity contribution in [2.24, 2.45) is 0 Å². The summed E-state index contributed by atoms with van der Waals surface area (Å²) in [6.45, 7) is 4.98. The standard InChI is InChI=1S/C16H28N2OS/c1-13(2)19-15-10-8-9-14(16(15)17)18-11-6-4-5-7-12-20-3/h8-10,13,18H,4-7,11-12,17H2,1-3H3. The van der Waals surface area contributed by atoms with Gasteiger partial charge in [-0.3, -0.25) is 0 Å². The van der Waals surface area contributed by atoms with Crippen molar-refractivity contribution in [1.82, 2.24) is 0 Å². The molecule has 0 aromatic heterocycles. The number of hydrogen-bond donors (Lipinski definition) is 2. The lowest BCUT2D eigenvalue weighted by Crippen LogP contribution is -2.10. The molecule has 0 aliphatic heterocycles. The van der Waals surface area contributed by atoms with E-state index in [4.69, 9.17) is 10.5 Å². The Hall–Kier alpha value is -1.03. The lowest BCUT2D eigenvalue weighted by atomic mass is 10.2. The molecule has 0 bridgehead atoms. The van der Waals surface area contributed by atoms with Gasteiger partial charge in [-0.05, 0) is 50.8 Å². The predicted molar refractivity (Wildman–Crippen MR) is 92.0 cm³/mol. The number of para-hydroxylation sites is 1. The molecule has 0 spiro atoms. The molecule has 0 saturated heterocycles. The van der Waals surface area contributed by atoms with Crippen LogP contribution in [-0.4, -0.2) is 24.7 Å². The van der Waals surface area contributed by atoms with E-state index in [1.165, 1.54) is 31.4 Å². The third kappa shape index (κ3) is 6.42. The summed E-state index contributed by atoms with van der Waals surface area (Å²) >= 11 is 1.92. The van der Waals surface area contributed by atoms with Crippen LogP contribution in [0.15, 0.2) is 18.2 Å². The molecule has 0 heterocycles. The molecule has 1 aromatic rings. The van der Waals surface area contributed by atoms with Gasteiger partial charge in [0.2, 0.25) is 0 Å². The highest BCUT2D eigenvalue weighted by Crippen LogP contribution is 2.30. The lowest BCUT2D eigenvalue weighted by Gasteiger charge is -2.15. The maximum Gasteiger partial charge on any atom is 0.144 e. The summed E-state index contributed by atoms with van der Waals surface area (Å²) in [6.07, 6.45) is 7.40. The van der Waals surface area contributed by atoms with Crippen molar-refractivity contribution >= 4 is 23.1 Å². The Morgan fingerprint density at radius 3 is 2.65 bits per heavy atom. The van der Waals surface area contributed by atoms with Gasteiger partial charge in [-0.1, -0.05) is 18.9 Å². The SMILES string of the molecule is CSCCCCCCNc1cccc(OC(C)C)c1N. The van der Waals surface area contributed by atoms with Gasteiger partial charge in [0.05, 0.1) is 17.5 Å². The zero-order valence-electron chi connectivity index (χ0n) is 12.9. The average Bonchev–Trinajstić information content (AvgIpc) is 2.41. The topological polar surface area (TPSA) is 47.3 Å². The molecule has 114 valence electrons. The first-order valence-corrected chi connectivity index (χ1v) is 8.82. The van der Waals surface area contributed by atoms with Gasteiger partial charge in [0.1, 0.15) is 5.75 Å². The van der Waals surface area contributed by atoms with Crippen LogP contribution in [0.25, 0.3) is 0 Å². The van der Waals surface area contributed by atoms with E-state index in [2.05, 4.69) is 11.6 Å². The van der Waals surface area contributed by atoms with Crippen LogP contribution in [0.2, 0.25) is 0 Å². The summed E-state index contributed by atoms with van der Waals surface area (Å²) in [5.74, 6) is 2.04. The van der Waals surface area contributed by atoms with E-state index >= 15 is 0 Å². The van der Waals surface area contributed by atoms with Crippen molar-refractivity contribution in [3.63, 3.8) is 0 Å². The Kier molecular flexibility index (Phi) is 8.35. The van der Waals surface area contributed by atoms with Crippen LogP contribution in [0.4, 0.5) is 11.4 Å². The normalized spacial score (nSPS) is 10.8. The Morgan fingerprint density at radius 1 is 1.20 bits per heavy atom. The maximum absolute atomic E-state index is 6.12. The van der Waals surface area contributed by atoms with Crippen molar-refractivity contribution in [2.75, 3.05) is 29.6 Å². The molecule has 0 amide bonds. The van der Waals surface area contributed by atoms with Gasteiger partial charge < -0.3 is 15.8 Å². The molecule has 0 radical (unpaired) electrons. The van der Waals surface area contributed by atoms with Gasteiger partial charge in [0, 0.05) is 6.54 Å². The number of ether oxygens (including phenoxy) is 1. The minimum Gasteiger partial charge on any atom is -0.489 e. The van der Waals surface area contributed by atoms with Crippen LogP contribution in [0.5, 0.6) is 5.75 Å². The molecule has 0 aliphatic carbocycles. The maximum atomic E-state index is 6.12. The molecule has 3 nitrogen and oxygen atoms in total. The highest BCUT2D eigenvalue weighted by atomic mass is 32.2. The first-order chi connectivity index (χ1) is 9.65. The molecule has 0 atom stereocenters. The second-order valence-corrected chi connectivity index (χ2v) is 6.20. The largest absolute Gasteiger partial charge is 0.489 e. The summed E-state index contributed by atoms with van der Waals surface area (Å²) in [4.78, 5) is 0. The third-order valence-corrected chi connectivity index (χ3v) is 3.72. The van der Waals surface area contributed by atoms with Gasteiger partial charge in [0.25, 0.3) is 0 Å². The number of nitrogens with one attached hydrogen (secondary N) is 1. The Balaban J connectivity index is 2.33. The fourth-order valence-corrected chi connectivity index (χ4v) is 2.50. The van der Waals surface area contributed by atoms with E-state index in [0.29, 0.717) is 5.69 Å². The molecule has 20 heavy (non-hydrogen) atoms. The van der Waals surface area contributed by atoms with Gasteiger partial charge in [0.15, 0.2) is 0 Å². The van der Waals surface area contributed by atoms with E-state index in [0.717, 1.165) is 18.0 Å². The van der Waals surface area contributed by atoms with Crippen LogP contribution in [0.1, 0.15) is 39.5 Å². The highest BCUT2D eigenvalue weighted by Gasteiger charge is 2.06. The number of nitrogen functional groups attached to an aromatic ring is 1. The van der Waals surface area contributed by atoms with E-state index in [-0.39, 0.29) is 6.10 Å². The van der Waals surface area contributed by atoms with E-state index in [9.17, 15) is 0 Å². The zero-order chi connectivity index (χ0) is 14.8. The number of rotatable bonds is 10. The van der Waals surface area contributed by atoms with Crippen LogP contribution in [0, 0.1) is 0 Å². The molecule has 1 aromatic carbocycles. The number of hydrogen-bond acceptors (Lipinski definition) is 4. The fraction of sp³-hybridized carbons (Fsp3) is 0.625. The van der Waals surface area contributed by atoms with Crippen molar-refractivity contribution in [1.29, 1.82) is 0 Å². The Morgan fingerprint density at radius 2 is 1.95 bits per heavy atom. The lowest BCUT2D eigenvalue weighted by molar-refractivity contribution is 0.244. The number of nitrogens with two attached hydrogens (primary N) is 1. The van der Waals surface area contributed by atoms with Gasteiger partial charge >= 0.3 is 0 Å². The summed E-state index contributed by atoms with van der Waals surface area (Å²) in [6, 6.07) is 5.91. The molecule has 4 heteroatoms. The molecular formula is C16H28N2OS. The van der Waals surface area contributed by atoms with Gasteiger partial charge in [-0.15, -0.1) is 0 Å². The summed E-state index contributed by atoms with van der Waals surface area (Å²) in [7, 11) is 0. The summed E-state index contributed by atoms with van der Waals surface area (Å²) in [5, 5.41) is 3.41. The summed E-state index contributed by atoms with van der Waals surface area (Å²) < 4.78 is 5.69. The molecule has 0 aliphatic rings. The molecule has 3 N–H and O–H groups in total. The van der Waals surface area contributed by atoms with E-state index < -0.39 is 0 Å². The monoisotopic (exact) mass is 296 g/mol. The Labute approximate surface area is 127 Å². The molecule has 0 unspecified atom stereocenters. The van der Waals surface area contributed by atoms with Crippen LogP contribution >= 0.6 is 11.8 Å². The number of benzene rings is 1. The number of unbranched alkanes of at least 4 members (excludes halogenated alkanes) is 3. The van der Waals surface area contributed by atoms with Crippen molar-refractivity contribution in [2.45, 2.75) is 45.6 Å². The highest BCUT2D eigenvalue weighted by molar-refractivity contribution is 7.98. The second kappa shape index (κ2) is 9.81. The third-order valence-electron chi connectivity index (χ3n) is 3.02. The minimum absolute atomic E-state index is 0.143. The van der Waals surface area contributed by atoms with Gasteiger partial charge in [-0.2, -0.15) is 11.8 Å². The minimum atomic E-state index is 0.143. The molecule has 0 fully saturated rings. The zero-order valence-corrected chi connectivity index (χ0v) is 13.8. The van der Waals surface area contributed by atoms with E-state index in [1.54, 1.807) is 0 Å². The molecule has 0 saturated carbocycles. The average molecular weight is 296 g/mol. The van der Waals surface area contributed by atoms with Crippen molar-refractivity contribution in [3.05, 3.63) is 18.2 Å². The predicted octanol–water partition coefficient (Wildman–Crippen LogP) is 4.39. The van der Waals surface area contributed by atoms with E-state index in [1.807, 2.05) is 43.8 Å². The second-order valence-electron chi connectivity index (χ2n) is 5.22. The molecular weight excluding hydrogens is 268 g/mol. The smallest absolute Gasteiger partial charge is 0.144 e. The van der Waals surface area contributed by atoms with Crippen molar-refractivity contribution in [3.8, 4) is 5.75 Å². The fourth-order valence-electron chi connectivity index (χ4n) is 2.00. The van der Waals surface area contributed by atoms with Crippen LogP contribution in [0.3, 0.4) is 0 Å². The first kappa shape index (κ1) is 17.0. The number of thioether (sulfide) groups is 1. The van der Waals surface area contributed by atoms with Crippen LogP contribution < -0.4 is 15.8 Å². The van der Waals surface area contributed by atoms with Gasteiger partial charge in [-0.25, -0.2) is 0 Å². The summed E-state index contributed by atoms with van der Waals surface area (Å²) in [5.41, 5.74) is 7.81. The number of anilines is 2. The van der Waals surface area contributed by atoms with Crippen molar-refractivity contribution < 1.29 is 4.74 Å². The molecule has 1 rings (SSSR count). The van der Waals surface area contributed by atoms with Crippen LogP contribution in [-0.2, 0) is 0 Å². The first-order valence-electron chi connectivity index (χ1n) is 7.43. The Bertz CT molecular complexity index is 383.